The Labute approximate surface area is 296 Å². The third kappa shape index (κ3) is 16.8. The van der Waals surface area contributed by atoms with E-state index in [4.69, 9.17) is 24.1 Å². The number of carbonyl (C=O) groups excluding carboxylic acids is 7. The molecule has 0 radical (unpaired) electrons. The molecule has 0 unspecified atom stereocenters. The number of aliphatic carboxylic acids is 1. The summed E-state index contributed by atoms with van der Waals surface area (Å²) in [5.74, 6) is -3.47. The Bertz CT molecular complexity index is 1230. The molecule has 2 aliphatic heterocycles. The number of aldehydes is 1. The van der Waals surface area contributed by atoms with Crippen LogP contribution in [0.5, 0.6) is 0 Å². The first-order chi connectivity index (χ1) is 24.5. The quantitative estimate of drug-likeness (QED) is 0.0443. The number of hydrogen-bond acceptors (Lipinski definition) is 12. The number of carboxylic acids is 1. The second-order valence-corrected chi connectivity index (χ2v) is 11.8. The largest absolute Gasteiger partial charge is 0.481 e. The number of carboxylic acid groups (broad SMARTS) is 1. The van der Waals surface area contributed by atoms with E-state index in [-0.39, 0.29) is 84.8 Å². The standard InChI is InChI=1S/C34H48N4O13/c1-36(28(41)6-2-18-39)15-3-12-34(13-4-16-37-29(42)7-8-30(37)43,14-5-17-38-31(44)9-10-32(38)45)35-27(40)26-51-25-24-50-23-22-49-21-20-48-19-11-33(46)47/h2,6-10,18H,3-5,11-17,19-26H2,1H3,(H,35,40)(H,46,47)/b6-2-. The van der Waals surface area contributed by atoms with Crippen LogP contribution in [0, 0.1) is 0 Å². The Morgan fingerprint density at radius 2 is 1.20 bits per heavy atom. The van der Waals surface area contributed by atoms with Gasteiger partial charge in [0, 0.05) is 62.6 Å². The van der Waals surface area contributed by atoms with Crippen LogP contribution in [0.15, 0.2) is 36.5 Å². The Morgan fingerprint density at radius 3 is 1.67 bits per heavy atom. The highest BCUT2D eigenvalue weighted by atomic mass is 16.6. The van der Waals surface area contributed by atoms with Crippen molar-refractivity contribution in [1.82, 2.24) is 20.0 Å². The minimum atomic E-state index is -0.936. The molecular weight excluding hydrogens is 672 g/mol. The number of carbonyl (C=O) groups is 8. The molecule has 2 N–H and O–H groups in total. The molecule has 0 saturated heterocycles. The third-order valence-electron chi connectivity index (χ3n) is 7.93. The SMILES string of the molecule is CN(CCCC(CCCN1C(=O)C=CC1=O)(CCCN1C(=O)C=CC1=O)NC(=O)COCCOCCOCCOCCC(=O)O)C(=O)/C=C\C=O. The molecule has 0 aromatic carbocycles. The molecule has 0 atom stereocenters. The summed E-state index contributed by atoms with van der Waals surface area (Å²) in [5.41, 5.74) is -0.924. The molecule has 17 heteroatoms. The minimum absolute atomic E-state index is 0.0773. The lowest BCUT2D eigenvalue weighted by atomic mass is 9.83. The molecule has 0 aromatic heterocycles. The summed E-state index contributed by atoms with van der Waals surface area (Å²) in [4.78, 5) is 98.9. The first-order valence-corrected chi connectivity index (χ1v) is 16.8. The first-order valence-electron chi connectivity index (χ1n) is 16.8. The number of nitrogens with zero attached hydrogens (tertiary/aromatic N) is 3. The molecule has 51 heavy (non-hydrogen) atoms. The van der Waals surface area contributed by atoms with Crippen LogP contribution in [0.2, 0.25) is 0 Å². The summed E-state index contributed by atoms with van der Waals surface area (Å²) < 4.78 is 21.4. The van der Waals surface area contributed by atoms with Gasteiger partial charge >= 0.3 is 5.97 Å². The van der Waals surface area contributed by atoms with Crippen molar-refractivity contribution in [2.24, 2.45) is 0 Å². The third-order valence-corrected chi connectivity index (χ3v) is 7.93. The van der Waals surface area contributed by atoms with Crippen molar-refractivity contribution in [3.05, 3.63) is 36.5 Å². The number of nitrogens with one attached hydrogen (secondary N) is 1. The van der Waals surface area contributed by atoms with E-state index in [1.165, 1.54) is 29.2 Å². The van der Waals surface area contributed by atoms with Crippen LogP contribution in [0.3, 0.4) is 0 Å². The zero-order valence-electron chi connectivity index (χ0n) is 29.0. The molecule has 2 rings (SSSR count). The topological polar surface area (TPSA) is 215 Å². The van der Waals surface area contributed by atoms with Gasteiger partial charge in [-0.15, -0.1) is 0 Å². The lowest BCUT2D eigenvalue weighted by Crippen LogP contribution is -2.51. The maximum absolute atomic E-state index is 13.2. The van der Waals surface area contributed by atoms with Crippen molar-refractivity contribution in [2.75, 3.05) is 79.5 Å². The second-order valence-electron chi connectivity index (χ2n) is 11.8. The van der Waals surface area contributed by atoms with E-state index in [2.05, 4.69) is 5.32 Å². The van der Waals surface area contributed by atoms with Gasteiger partial charge in [0.15, 0.2) is 0 Å². The van der Waals surface area contributed by atoms with Crippen LogP contribution in [-0.4, -0.2) is 153 Å². The Kier molecular flexibility index (Phi) is 19.8. The summed E-state index contributed by atoms with van der Waals surface area (Å²) in [6.07, 6.45) is 9.55. The van der Waals surface area contributed by atoms with Crippen molar-refractivity contribution in [1.29, 1.82) is 0 Å². The van der Waals surface area contributed by atoms with Crippen molar-refractivity contribution < 1.29 is 62.4 Å². The molecule has 0 spiro atoms. The zero-order valence-corrected chi connectivity index (χ0v) is 29.0. The number of allylic oxidation sites excluding steroid dienone is 1. The number of rotatable bonds is 29. The smallest absolute Gasteiger partial charge is 0.305 e. The fourth-order valence-electron chi connectivity index (χ4n) is 5.35. The molecular formula is C34H48N4O13. The predicted molar refractivity (Wildman–Crippen MR) is 179 cm³/mol. The molecule has 0 fully saturated rings. The van der Waals surface area contributed by atoms with Crippen LogP contribution >= 0.6 is 0 Å². The average Bonchev–Trinajstić information content (AvgIpc) is 3.59. The Balaban J connectivity index is 1.97. The molecule has 0 aromatic rings. The lowest BCUT2D eigenvalue weighted by Gasteiger charge is -2.37. The van der Waals surface area contributed by atoms with Gasteiger partial charge in [-0.2, -0.15) is 0 Å². The minimum Gasteiger partial charge on any atom is -0.481 e. The highest BCUT2D eigenvalue weighted by Crippen LogP contribution is 2.27. The first kappa shape index (κ1) is 42.6. The van der Waals surface area contributed by atoms with Gasteiger partial charge in [0.25, 0.3) is 23.6 Å². The van der Waals surface area contributed by atoms with E-state index in [9.17, 15) is 38.4 Å². The Hall–Kier alpha value is -4.58. The molecule has 2 heterocycles. The van der Waals surface area contributed by atoms with Crippen LogP contribution in [0.4, 0.5) is 0 Å². The van der Waals surface area contributed by atoms with E-state index >= 15 is 0 Å². The summed E-state index contributed by atoms with van der Waals surface area (Å²) >= 11 is 0. The number of ether oxygens (including phenoxy) is 4. The molecule has 0 saturated carbocycles. The number of likely N-dealkylation sites (N-methyl/N-ethyl adjacent to an activating group) is 1. The predicted octanol–water partition coefficient (Wildman–Crippen LogP) is -0.213. The van der Waals surface area contributed by atoms with Gasteiger partial charge in [-0.3, -0.25) is 48.2 Å². The van der Waals surface area contributed by atoms with Gasteiger partial charge in [0.2, 0.25) is 11.8 Å². The van der Waals surface area contributed by atoms with E-state index < -0.39 is 41.0 Å². The Morgan fingerprint density at radius 1 is 0.745 bits per heavy atom. The average molecular weight is 721 g/mol. The van der Waals surface area contributed by atoms with Crippen LogP contribution in [0.25, 0.3) is 0 Å². The van der Waals surface area contributed by atoms with Crippen LogP contribution in [-0.2, 0) is 57.3 Å². The highest BCUT2D eigenvalue weighted by Gasteiger charge is 2.33. The molecule has 2 aliphatic rings. The second kappa shape index (κ2) is 23.8. The molecule has 17 nitrogen and oxygen atoms in total. The fourth-order valence-corrected chi connectivity index (χ4v) is 5.35. The summed E-state index contributed by atoms with van der Waals surface area (Å²) in [6, 6.07) is 0. The van der Waals surface area contributed by atoms with Crippen molar-refractivity contribution in [2.45, 2.75) is 50.5 Å². The van der Waals surface area contributed by atoms with Crippen molar-refractivity contribution >= 4 is 47.7 Å². The van der Waals surface area contributed by atoms with Gasteiger partial charge < -0.3 is 34.3 Å². The molecule has 6 amide bonds. The lowest BCUT2D eigenvalue weighted by molar-refractivity contribution is -0.139. The van der Waals surface area contributed by atoms with E-state index in [1.807, 2.05) is 0 Å². The van der Waals surface area contributed by atoms with Gasteiger partial charge in [0.1, 0.15) is 12.9 Å². The fraction of sp³-hybridized carbons (Fsp3) is 0.588. The normalized spacial score (nSPS) is 14.4. The van der Waals surface area contributed by atoms with Crippen LogP contribution < -0.4 is 5.32 Å². The van der Waals surface area contributed by atoms with E-state index in [0.29, 0.717) is 44.8 Å². The maximum atomic E-state index is 13.2. The number of amides is 6. The number of imide groups is 2. The van der Waals surface area contributed by atoms with Gasteiger partial charge in [-0.05, 0) is 44.6 Å². The van der Waals surface area contributed by atoms with Gasteiger partial charge in [0.05, 0.1) is 52.7 Å². The molecule has 0 aliphatic carbocycles. The highest BCUT2D eigenvalue weighted by molar-refractivity contribution is 6.13. The van der Waals surface area contributed by atoms with Gasteiger partial charge in [-0.25, -0.2) is 0 Å². The van der Waals surface area contributed by atoms with Crippen molar-refractivity contribution in [3.63, 3.8) is 0 Å². The molecule has 0 bridgehead atoms. The maximum Gasteiger partial charge on any atom is 0.305 e. The summed E-state index contributed by atoms with van der Waals surface area (Å²) in [5, 5.41) is 11.6. The monoisotopic (exact) mass is 720 g/mol. The number of hydrogen-bond donors (Lipinski definition) is 2. The van der Waals surface area contributed by atoms with E-state index in [0.717, 1.165) is 22.0 Å². The van der Waals surface area contributed by atoms with Gasteiger partial charge in [-0.1, -0.05) is 0 Å². The summed E-state index contributed by atoms with van der Waals surface area (Å²) in [7, 11) is 1.58. The van der Waals surface area contributed by atoms with E-state index in [1.54, 1.807) is 7.05 Å². The van der Waals surface area contributed by atoms with Crippen molar-refractivity contribution in [3.8, 4) is 0 Å². The molecule has 282 valence electrons. The zero-order chi connectivity index (χ0) is 37.5. The summed E-state index contributed by atoms with van der Waals surface area (Å²) in [6.45, 7) is 1.72. The van der Waals surface area contributed by atoms with Crippen LogP contribution in [0.1, 0.15) is 44.9 Å².